The highest BCUT2D eigenvalue weighted by Crippen LogP contribution is 2.18. The minimum Gasteiger partial charge on any atom is -0.488 e. The molecule has 0 saturated heterocycles. The number of nitrogens with one attached hydrogen (secondary N) is 2. The number of carbonyl (C=O) groups excluding carboxylic acids is 2. The summed E-state index contributed by atoms with van der Waals surface area (Å²) in [6, 6.07) is 23.7. The highest BCUT2D eigenvalue weighted by molar-refractivity contribution is 6.35. The lowest BCUT2D eigenvalue weighted by Crippen LogP contribution is -2.39. The third-order valence-electron chi connectivity index (χ3n) is 4.45. The smallest absolute Gasteiger partial charge is 0.329 e. The van der Waals surface area contributed by atoms with E-state index in [1.54, 1.807) is 31.2 Å². The summed E-state index contributed by atoms with van der Waals surface area (Å²) >= 11 is 5.90. The molecule has 0 aliphatic rings. The lowest BCUT2D eigenvalue weighted by atomic mass is 10.1. The molecule has 0 aliphatic heterocycles. The molecular formula is C24H22ClN3O3. The molecule has 1 atom stereocenters. The van der Waals surface area contributed by atoms with Crippen LogP contribution in [-0.2, 0) is 16.2 Å². The first-order valence-electron chi connectivity index (χ1n) is 9.68. The van der Waals surface area contributed by atoms with Gasteiger partial charge in [0.1, 0.15) is 12.4 Å². The third kappa shape index (κ3) is 6.69. The molecule has 0 heterocycles. The molecule has 0 aliphatic carbocycles. The molecule has 6 nitrogen and oxygen atoms in total. The minimum absolute atomic E-state index is 0.301. The molecular weight excluding hydrogens is 414 g/mol. The van der Waals surface area contributed by atoms with Gasteiger partial charge in [0.05, 0.1) is 12.3 Å². The Morgan fingerprint density at radius 2 is 1.65 bits per heavy atom. The summed E-state index contributed by atoms with van der Waals surface area (Å²) in [7, 11) is 0. The highest BCUT2D eigenvalue weighted by Gasteiger charge is 2.16. The second-order valence-corrected chi connectivity index (χ2v) is 7.19. The topological polar surface area (TPSA) is 79.8 Å². The molecule has 2 amide bonds. The number of halogens is 1. The fourth-order valence-corrected chi connectivity index (χ4v) is 2.88. The number of hydrogen-bond donors (Lipinski definition) is 2. The van der Waals surface area contributed by atoms with E-state index in [-0.39, 0.29) is 6.04 Å². The van der Waals surface area contributed by atoms with Crippen molar-refractivity contribution < 1.29 is 14.3 Å². The van der Waals surface area contributed by atoms with E-state index >= 15 is 0 Å². The minimum atomic E-state index is -0.849. The van der Waals surface area contributed by atoms with Crippen LogP contribution in [0.1, 0.15) is 29.7 Å². The van der Waals surface area contributed by atoms with Crippen LogP contribution in [0.25, 0.3) is 0 Å². The van der Waals surface area contributed by atoms with E-state index in [2.05, 4.69) is 15.8 Å². The van der Waals surface area contributed by atoms with Gasteiger partial charge in [-0.25, -0.2) is 5.43 Å². The summed E-state index contributed by atoms with van der Waals surface area (Å²) in [5, 5.41) is 7.19. The van der Waals surface area contributed by atoms with Crippen molar-refractivity contribution >= 4 is 29.6 Å². The van der Waals surface area contributed by atoms with E-state index in [1.165, 1.54) is 6.21 Å². The van der Waals surface area contributed by atoms with E-state index in [1.807, 2.05) is 54.6 Å². The molecule has 0 fully saturated rings. The summed E-state index contributed by atoms with van der Waals surface area (Å²) in [5.41, 5.74) is 4.77. The third-order valence-corrected chi connectivity index (χ3v) is 4.70. The van der Waals surface area contributed by atoms with Crippen LogP contribution >= 0.6 is 11.6 Å². The molecule has 0 spiro atoms. The Labute approximate surface area is 185 Å². The van der Waals surface area contributed by atoms with Gasteiger partial charge < -0.3 is 10.1 Å². The van der Waals surface area contributed by atoms with Crippen LogP contribution < -0.4 is 15.5 Å². The first-order chi connectivity index (χ1) is 15.0. The lowest BCUT2D eigenvalue weighted by Gasteiger charge is -2.13. The summed E-state index contributed by atoms with van der Waals surface area (Å²) in [4.78, 5) is 24.1. The fourth-order valence-electron chi connectivity index (χ4n) is 2.76. The first-order valence-corrected chi connectivity index (χ1v) is 10.1. The molecule has 1 unspecified atom stereocenters. The maximum atomic E-state index is 12.1. The van der Waals surface area contributed by atoms with Crippen LogP contribution in [0.15, 0.2) is 84.0 Å². The van der Waals surface area contributed by atoms with Crippen LogP contribution in [0.5, 0.6) is 5.75 Å². The molecule has 0 aromatic heterocycles. The molecule has 2 N–H and O–H groups in total. The Balaban J connectivity index is 1.54. The van der Waals surface area contributed by atoms with E-state index in [4.69, 9.17) is 16.3 Å². The van der Waals surface area contributed by atoms with Gasteiger partial charge in [0.15, 0.2) is 0 Å². The number of ether oxygens (including phenoxy) is 1. The van der Waals surface area contributed by atoms with Crippen molar-refractivity contribution in [2.24, 2.45) is 5.10 Å². The number of amides is 2. The van der Waals surface area contributed by atoms with E-state index in [9.17, 15) is 9.59 Å². The zero-order valence-corrected chi connectivity index (χ0v) is 17.7. The molecule has 0 saturated carbocycles. The number of hydrazone groups is 1. The maximum absolute atomic E-state index is 12.1. The summed E-state index contributed by atoms with van der Waals surface area (Å²) in [5.74, 6) is -1.02. The van der Waals surface area contributed by atoms with Crippen molar-refractivity contribution in [1.82, 2.24) is 10.7 Å². The summed E-state index contributed by atoms with van der Waals surface area (Å²) < 4.78 is 5.84. The Morgan fingerprint density at radius 1 is 0.968 bits per heavy atom. The summed E-state index contributed by atoms with van der Waals surface area (Å²) in [6.07, 6.45) is 1.43. The van der Waals surface area contributed by atoms with Crippen molar-refractivity contribution in [2.75, 3.05) is 0 Å². The van der Waals surface area contributed by atoms with Gasteiger partial charge in [-0.2, -0.15) is 5.10 Å². The van der Waals surface area contributed by atoms with Gasteiger partial charge in [-0.05, 0) is 42.3 Å². The lowest BCUT2D eigenvalue weighted by molar-refractivity contribution is -0.139. The Kier molecular flexibility index (Phi) is 7.79. The molecule has 158 valence electrons. The van der Waals surface area contributed by atoms with E-state index in [0.29, 0.717) is 22.9 Å². The van der Waals surface area contributed by atoms with Crippen LogP contribution in [0.3, 0.4) is 0 Å². The Bertz CT molecular complexity index is 1050. The zero-order valence-electron chi connectivity index (χ0n) is 16.9. The molecule has 3 aromatic carbocycles. The predicted molar refractivity (Wildman–Crippen MR) is 121 cm³/mol. The SMILES string of the molecule is CC(NC(=O)C(=O)N/N=C/c1ccccc1OCc1ccc(Cl)cc1)c1ccccc1. The zero-order chi connectivity index (χ0) is 22.1. The van der Waals surface area contributed by atoms with Crippen LogP contribution in [0, 0.1) is 0 Å². The fraction of sp³-hybridized carbons (Fsp3) is 0.125. The van der Waals surface area contributed by atoms with Gasteiger partial charge >= 0.3 is 11.8 Å². The monoisotopic (exact) mass is 435 g/mol. The average molecular weight is 436 g/mol. The second-order valence-electron chi connectivity index (χ2n) is 6.76. The van der Waals surface area contributed by atoms with Gasteiger partial charge in [-0.3, -0.25) is 9.59 Å². The van der Waals surface area contributed by atoms with Crippen molar-refractivity contribution in [3.05, 3.63) is 101 Å². The predicted octanol–water partition coefficient (Wildman–Crippen LogP) is 4.25. The molecule has 7 heteroatoms. The first kappa shape index (κ1) is 22.1. The Hall–Kier alpha value is -3.64. The molecule has 3 aromatic rings. The number of nitrogens with zero attached hydrogens (tertiary/aromatic N) is 1. The van der Waals surface area contributed by atoms with E-state index < -0.39 is 11.8 Å². The van der Waals surface area contributed by atoms with Gasteiger partial charge in [-0.15, -0.1) is 0 Å². The molecule has 31 heavy (non-hydrogen) atoms. The van der Waals surface area contributed by atoms with Gasteiger partial charge in [-0.1, -0.05) is 66.2 Å². The largest absolute Gasteiger partial charge is 0.488 e. The Morgan fingerprint density at radius 3 is 2.39 bits per heavy atom. The van der Waals surface area contributed by atoms with Gasteiger partial charge in [0.25, 0.3) is 0 Å². The van der Waals surface area contributed by atoms with Crippen LogP contribution in [0.4, 0.5) is 0 Å². The highest BCUT2D eigenvalue weighted by atomic mass is 35.5. The quantitative estimate of drug-likeness (QED) is 0.331. The average Bonchev–Trinajstić information content (AvgIpc) is 2.80. The molecule has 0 radical (unpaired) electrons. The van der Waals surface area contributed by atoms with Crippen LogP contribution in [0.2, 0.25) is 5.02 Å². The standard InChI is InChI=1S/C24H22ClN3O3/c1-17(19-7-3-2-4-8-19)27-23(29)24(30)28-26-15-20-9-5-6-10-22(20)31-16-18-11-13-21(25)14-12-18/h2-15,17H,16H2,1H3,(H,27,29)(H,28,30)/b26-15+. The van der Waals surface area contributed by atoms with Crippen molar-refractivity contribution in [1.29, 1.82) is 0 Å². The number of benzene rings is 3. The summed E-state index contributed by atoms with van der Waals surface area (Å²) in [6.45, 7) is 2.16. The number of carbonyl (C=O) groups is 2. The van der Waals surface area contributed by atoms with Gasteiger partial charge in [0.2, 0.25) is 0 Å². The number of rotatable bonds is 7. The van der Waals surface area contributed by atoms with Crippen molar-refractivity contribution in [2.45, 2.75) is 19.6 Å². The number of para-hydroxylation sites is 1. The maximum Gasteiger partial charge on any atom is 0.329 e. The molecule has 0 bridgehead atoms. The normalized spacial score (nSPS) is 11.7. The van der Waals surface area contributed by atoms with Crippen LogP contribution in [-0.4, -0.2) is 18.0 Å². The number of hydrogen-bond acceptors (Lipinski definition) is 4. The second kappa shape index (κ2) is 10.9. The van der Waals surface area contributed by atoms with Crippen molar-refractivity contribution in [3.8, 4) is 5.75 Å². The molecule has 3 rings (SSSR count). The van der Waals surface area contributed by atoms with Gasteiger partial charge in [0, 0.05) is 10.6 Å². The van der Waals surface area contributed by atoms with Crippen molar-refractivity contribution in [3.63, 3.8) is 0 Å². The van der Waals surface area contributed by atoms with E-state index in [0.717, 1.165) is 11.1 Å².